The van der Waals surface area contributed by atoms with Crippen molar-refractivity contribution in [3.63, 3.8) is 0 Å². The molecule has 1 N–H and O–H groups in total. The minimum absolute atomic E-state index is 0.127. The molecule has 0 unspecified atom stereocenters. The maximum absolute atomic E-state index is 14.7. The van der Waals surface area contributed by atoms with E-state index < -0.39 is 21.6 Å². The second-order valence-electron chi connectivity index (χ2n) is 7.92. The van der Waals surface area contributed by atoms with Crippen molar-refractivity contribution in [1.29, 1.82) is 0 Å². The van der Waals surface area contributed by atoms with Gasteiger partial charge in [-0.3, -0.25) is 15.1 Å². The first-order valence-electron chi connectivity index (χ1n) is 10.5. The molecule has 9 nitrogen and oxygen atoms in total. The van der Waals surface area contributed by atoms with Crippen molar-refractivity contribution in [1.82, 2.24) is 15.2 Å². The number of aryl methyl sites for hydroxylation is 1. The van der Waals surface area contributed by atoms with E-state index in [0.717, 1.165) is 11.3 Å². The van der Waals surface area contributed by atoms with E-state index in [1.165, 1.54) is 25.4 Å². The van der Waals surface area contributed by atoms with Crippen LogP contribution in [0.3, 0.4) is 0 Å². The number of hydrogen-bond donors (Lipinski definition) is 1. The van der Waals surface area contributed by atoms with Gasteiger partial charge in [-0.05, 0) is 55.2 Å². The second kappa shape index (κ2) is 10.0. The lowest BCUT2D eigenvalue weighted by molar-refractivity contribution is 0.102. The van der Waals surface area contributed by atoms with E-state index in [-0.39, 0.29) is 38.9 Å². The number of hydrogen-bond acceptors (Lipinski definition) is 9. The van der Waals surface area contributed by atoms with Crippen molar-refractivity contribution < 1.29 is 27.1 Å². The number of amides is 1. The van der Waals surface area contributed by atoms with Gasteiger partial charge in [-0.1, -0.05) is 11.2 Å². The summed E-state index contributed by atoms with van der Waals surface area (Å²) in [5.74, 6) is -0.311. The van der Waals surface area contributed by atoms with Crippen LogP contribution in [0.1, 0.15) is 28.9 Å². The number of ether oxygens (including phenoxy) is 2. The number of sulfone groups is 1. The molecule has 0 bridgehead atoms. The molecule has 3 aromatic rings. The normalized spacial score (nSPS) is 15.6. The number of benzene rings is 1. The number of carbonyl (C=O) groups is 1. The molecule has 2 aromatic heterocycles. The van der Waals surface area contributed by atoms with Gasteiger partial charge in [-0.25, -0.2) is 12.8 Å². The Morgan fingerprint density at radius 3 is 2.76 bits per heavy atom. The lowest BCUT2D eigenvalue weighted by atomic mass is 9.98. The van der Waals surface area contributed by atoms with Gasteiger partial charge in [0.25, 0.3) is 11.1 Å². The minimum Gasteiger partial charge on any atom is -0.496 e. The molecule has 0 atom stereocenters. The zero-order valence-corrected chi connectivity index (χ0v) is 20.2. The maximum Gasteiger partial charge on any atom is 0.295 e. The summed E-state index contributed by atoms with van der Waals surface area (Å²) in [5, 5.41) is 11.0. The van der Waals surface area contributed by atoms with E-state index in [0.29, 0.717) is 36.5 Å². The van der Waals surface area contributed by atoms with Crippen LogP contribution in [0, 0.1) is 18.7 Å². The van der Waals surface area contributed by atoms with Gasteiger partial charge in [0.15, 0.2) is 0 Å². The Balaban J connectivity index is 1.48. The van der Waals surface area contributed by atoms with Crippen molar-refractivity contribution >= 4 is 32.2 Å². The summed E-state index contributed by atoms with van der Waals surface area (Å²) in [4.78, 5) is 17.2. The largest absolute Gasteiger partial charge is 0.496 e. The SMILES string of the molecule is COc1cccc(F)c1-c1cc(C)ncc1C(=O)Nc1nnc(OCC2CCS(=O)(=O)CC2)s1. The van der Waals surface area contributed by atoms with Gasteiger partial charge in [0.1, 0.15) is 21.4 Å². The Morgan fingerprint density at radius 2 is 2.03 bits per heavy atom. The number of halogens is 1. The lowest BCUT2D eigenvalue weighted by Crippen LogP contribution is -2.26. The molecule has 0 radical (unpaired) electrons. The van der Waals surface area contributed by atoms with Crippen molar-refractivity contribution in [2.45, 2.75) is 19.8 Å². The van der Waals surface area contributed by atoms with Crippen LogP contribution in [0.4, 0.5) is 9.52 Å². The van der Waals surface area contributed by atoms with Crippen LogP contribution < -0.4 is 14.8 Å². The molecule has 1 aliphatic rings. The number of anilines is 1. The first kappa shape index (κ1) is 24.0. The summed E-state index contributed by atoms with van der Waals surface area (Å²) in [6.45, 7) is 2.08. The number of nitrogens with zero attached hydrogens (tertiary/aromatic N) is 3. The summed E-state index contributed by atoms with van der Waals surface area (Å²) >= 11 is 1.05. The van der Waals surface area contributed by atoms with Crippen molar-refractivity contribution in [3.8, 4) is 22.1 Å². The predicted octanol–water partition coefficient (Wildman–Crippen LogP) is 3.51. The van der Waals surface area contributed by atoms with E-state index in [1.807, 2.05) is 0 Å². The smallest absolute Gasteiger partial charge is 0.295 e. The fraction of sp³-hybridized carbons (Fsp3) is 0.364. The van der Waals surface area contributed by atoms with Crippen molar-refractivity contribution in [2.75, 3.05) is 30.5 Å². The van der Waals surface area contributed by atoms with E-state index in [9.17, 15) is 17.6 Å². The molecule has 0 saturated carbocycles. The molecule has 12 heteroatoms. The minimum atomic E-state index is -2.93. The van der Waals surface area contributed by atoms with Crippen LogP contribution in [0.25, 0.3) is 11.1 Å². The van der Waals surface area contributed by atoms with Crippen LogP contribution >= 0.6 is 11.3 Å². The molecule has 34 heavy (non-hydrogen) atoms. The van der Waals surface area contributed by atoms with Gasteiger partial charge in [0.2, 0.25) is 5.13 Å². The average molecular weight is 507 g/mol. The zero-order chi connectivity index (χ0) is 24.3. The first-order valence-corrected chi connectivity index (χ1v) is 13.2. The van der Waals surface area contributed by atoms with Gasteiger partial charge in [0, 0.05) is 17.5 Å². The Hall–Kier alpha value is -3.12. The Kier molecular flexibility index (Phi) is 7.08. The number of aromatic nitrogens is 3. The van der Waals surface area contributed by atoms with Crippen LogP contribution in [-0.2, 0) is 9.84 Å². The molecular formula is C22H23FN4O5S2. The molecule has 0 aliphatic carbocycles. The van der Waals surface area contributed by atoms with Crippen LogP contribution in [0.15, 0.2) is 30.5 Å². The number of rotatable bonds is 7. The van der Waals surface area contributed by atoms with Gasteiger partial charge in [-0.15, -0.1) is 5.10 Å². The highest BCUT2D eigenvalue weighted by atomic mass is 32.2. The van der Waals surface area contributed by atoms with Crippen LogP contribution in [-0.4, -0.2) is 54.7 Å². The monoisotopic (exact) mass is 506 g/mol. The molecule has 1 amide bonds. The molecule has 1 aromatic carbocycles. The third-order valence-corrected chi connectivity index (χ3v) is 7.96. The third-order valence-electron chi connectivity index (χ3n) is 5.49. The van der Waals surface area contributed by atoms with Crippen LogP contribution in [0.5, 0.6) is 10.9 Å². The standard InChI is InChI=1S/C22H23FN4O5S2/c1-13-10-15(19-17(23)4-3-5-18(19)31-2)16(11-24-13)20(28)25-21-26-27-22(33-21)32-12-14-6-8-34(29,30)9-7-14/h3-5,10-11,14H,6-9,12H2,1-2H3,(H,25,26,28). The average Bonchev–Trinajstić information content (AvgIpc) is 3.25. The van der Waals surface area contributed by atoms with Crippen molar-refractivity contribution in [2.24, 2.45) is 5.92 Å². The van der Waals surface area contributed by atoms with Gasteiger partial charge in [-0.2, -0.15) is 0 Å². The Bertz CT molecular complexity index is 1300. The third kappa shape index (κ3) is 5.50. The summed E-state index contributed by atoms with van der Waals surface area (Å²) in [6.07, 6.45) is 2.47. The Labute approximate surface area is 200 Å². The zero-order valence-electron chi connectivity index (χ0n) is 18.6. The molecule has 1 aliphatic heterocycles. The number of methoxy groups -OCH3 is 1. The highest BCUT2D eigenvalue weighted by Crippen LogP contribution is 2.35. The molecule has 1 saturated heterocycles. The fourth-order valence-corrected chi connectivity index (χ4v) is 5.85. The maximum atomic E-state index is 14.7. The van der Waals surface area contributed by atoms with E-state index >= 15 is 0 Å². The molecular weight excluding hydrogens is 483 g/mol. The molecule has 4 rings (SSSR count). The number of carbonyl (C=O) groups excluding carboxylic acids is 1. The molecule has 180 valence electrons. The number of nitrogens with one attached hydrogen (secondary N) is 1. The van der Waals surface area contributed by atoms with Gasteiger partial charge < -0.3 is 9.47 Å². The van der Waals surface area contributed by atoms with Crippen LogP contribution in [0.2, 0.25) is 0 Å². The van der Waals surface area contributed by atoms with E-state index in [1.54, 1.807) is 19.1 Å². The summed E-state index contributed by atoms with van der Waals surface area (Å²) in [7, 11) is -1.50. The van der Waals surface area contributed by atoms with Crippen molar-refractivity contribution in [3.05, 3.63) is 47.5 Å². The van der Waals surface area contributed by atoms with Gasteiger partial charge >= 0.3 is 0 Å². The summed E-state index contributed by atoms with van der Waals surface area (Å²) in [6, 6.07) is 6.06. The molecule has 1 fully saturated rings. The summed E-state index contributed by atoms with van der Waals surface area (Å²) in [5.41, 5.74) is 1.26. The topological polar surface area (TPSA) is 120 Å². The highest BCUT2D eigenvalue weighted by Gasteiger charge is 2.25. The molecule has 0 spiro atoms. The van der Waals surface area contributed by atoms with Gasteiger partial charge in [0.05, 0.1) is 36.3 Å². The quantitative estimate of drug-likeness (QED) is 0.517. The second-order valence-corrected chi connectivity index (χ2v) is 11.2. The predicted molar refractivity (Wildman–Crippen MR) is 126 cm³/mol. The first-order chi connectivity index (χ1) is 16.3. The summed E-state index contributed by atoms with van der Waals surface area (Å²) < 4.78 is 48.8. The number of pyridine rings is 1. The lowest BCUT2D eigenvalue weighted by Gasteiger charge is -2.20. The highest BCUT2D eigenvalue weighted by molar-refractivity contribution is 7.91. The fourth-order valence-electron chi connectivity index (χ4n) is 3.66. The Morgan fingerprint density at radius 1 is 1.26 bits per heavy atom. The van der Waals surface area contributed by atoms with E-state index in [4.69, 9.17) is 9.47 Å². The molecule has 3 heterocycles. The van der Waals surface area contributed by atoms with E-state index in [2.05, 4.69) is 20.5 Å².